The van der Waals surface area contributed by atoms with E-state index in [0.29, 0.717) is 5.69 Å². The van der Waals surface area contributed by atoms with Gasteiger partial charge >= 0.3 is 0 Å². The largest absolute Gasteiger partial charge is 0.345 e. The second-order valence-corrected chi connectivity index (χ2v) is 10.8. The van der Waals surface area contributed by atoms with E-state index in [-0.39, 0.29) is 27.4 Å². The van der Waals surface area contributed by atoms with E-state index >= 15 is 0 Å². The number of nitrogens with one attached hydrogen (secondary N) is 2. The van der Waals surface area contributed by atoms with Gasteiger partial charge in [0, 0.05) is 5.56 Å². The van der Waals surface area contributed by atoms with Crippen LogP contribution < -0.4 is 10.0 Å². The van der Waals surface area contributed by atoms with E-state index in [1.54, 1.807) is 18.2 Å². The molecule has 0 fully saturated rings. The summed E-state index contributed by atoms with van der Waals surface area (Å²) in [5.74, 6) is -0.339. The normalized spacial score (nSPS) is 14.2. The zero-order valence-electron chi connectivity index (χ0n) is 19.4. The molecule has 5 nitrogen and oxygen atoms in total. The standard InChI is InChI=1S/C27H29ClN2O3S/c1-3-24(21-13-12-19-9-5-6-10-20(19)16-21)29-27(31)22-14-15-23(28)26(17-22)34(32,33)30-25-11-7-4-8-18(25)2/h4,7-8,11-17,24,30H,3,5-6,9-10H2,1-2H3,(H,29,31)/t24-/m0/s1. The zero-order chi connectivity index (χ0) is 24.3. The maximum atomic E-state index is 13.1. The topological polar surface area (TPSA) is 75.3 Å². The summed E-state index contributed by atoms with van der Waals surface area (Å²) in [6.45, 7) is 3.84. The van der Waals surface area contributed by atoms with Crippen molar-refractivity contribution in [2.24, 2.45) is 0 Å². The van der Waals surface area contributed by atoms with Crippen LogP contribution in [-0.2, 0) is 22.9 Å². The Hall–Kier alpha value is -2.83. The smallest absolute Gasteiger partial charge is 0.263 e. The molecule has 0 unspecified atom stereocenters. The van der Waals surface area contributed by atoms with Gasteiger partial charge in [-0.05, 0) is 85.5 Å². The minimum absolute atomic E-state index is 0.0550. The minimum atomic E-state index is -3.98. The molecule has 2 N–H and O–H groups in total. The van der Waals surface area contributed by atoms with Gasteiger partial charge in [-0.15, -0.1) is 0 Å². The number of carbonyl (C=O) groups is 1. The molecule has 3 aromatic carbocycles. The third kappa shape index (κ3) is 5.29. The molecule has 0 heterocycles. The third-order valence-corrected chi connectivity index (χ3v) is 8.21. The van der Waals surface area contributed by atoms with Crippen molar-refractivity contribution in [3.05, 3.63) is 93.5 Å². The van der Waals surface area contributed by atoms with E-state index in [1.165, 1.54) is 36.1 Å². The summed E-state index contributed by atoms with van der Waals surface area (Å²) in [6.07, 6.45) is 5.31. The molecule has 0 saturated heterocycles. The van der Waals surface area contributed by atoms with Crippen molar-refractivity contribution in [2.45, 2.75) is 56.9 Å². The molecule has 1 atom stereocenters. The first-order valence-electron chi connectivity index (χ1n) is 11.6. The van der Waals surface area contributed by atoms with Gasteiger partial charge in [0.1, 0.15) is 4.90 Å². The van der Waals surface area contributed by atoms with E-state index in [9.17, 15) is 13.2 Å². The van der Waals surface area contributed by atoms with Crippen molar-refractivity contribution in [2.75, 3.05) is 4.72 Å². The molecular formula is C27H29ClN2O3S. The molecule has 1 amide bonds. The summed E-state index contributed by atoms with van der Waals surface area (Å²) in [4.78, 5) is 13.0. The van der Waals surface area contributed by atoms with Crippen molar-refractivity contribution >= 4 is 33.2 Å². The van der Waals surface area contributed by atoms with Crippen LogP contribution in [0.2, 0.25) is 5.02 Å². The minimum Gasteiger partial charge on any atom is -0.345 e. The van der Waals surface area contributed by atoms with Crippen LogP contribution in [-0.4, -0.2) is 14.3 Å². The number of amides is 1. The molecule has 0 spiro atoms. The summed E-state index contributed by atoms with van der Waals surface area (Å²) in [7, 11) is -3.98. The highest BCUT2D eigenvalue weighted by Crippen LogP contribution is 2.28. The molecule has 1 aliphatic rings. The third-order valence-electron chi connectivity index (χ3n) is 6.36. The van der Waals surface area contributed by atoms with Crippen LogP contribution >= 0.6 is 11.6 Å². The molecule has 0 bridgehead atoms. The summed E-state index contributed by atoms with van der Waals surface area (Å²) in [6, 6.07) is 17.7. The number of benzene rings is 3. The van der Waals surface area contributed by atoms with Gasteiger partial charge in [0.05, 0.1) is 16.8 Å². The highest BCUT2D eigenvalue weighted by Gasteiger charge is 2.22. The number of sulfonamides is 1. The van der Waals surface area contributed by atoms with E-state index in [2.05, 4.69) is 28.2 Å². The fraction of sp³-hybridized carbons (Fsp3) is 0.296. The average Bonchev–Trinajstić information content (AvgIpc) is 2.83. The molecule has 0 aliphatic heterocycles. The molecule has 0 radical (unpaired) electrons. The quantitative estimate of drug-likeness (QED) is 0.408. The van der Waals surface area contributed by atoms with Crippen LogP contribution in [0.5, 0.6) is 0 Å². The Morgan fingerprint density at radius 3 is 2.47 bits per heavy atom. The van der Waals surface area contributed by atoms with Crippen molar-refractivity contribution in [1.29, 1.82) is 0 Å². The Bertz CT molecular complexity index is 1320. The van der Waals surface area contributed by atoms with Gasteiger partial charge in [0.15, 0.2) is 0 Å². The van der Waals surface area contributed by atoms with E-state index < -0.39 is 10.0 Å². The first-order valence-corrected chi connectivity index (χ1v) is 13.4. The molecule has 0 saturated carbocycles. The lowest BCUT2D eigenvalue weighted by Crippen LogP contribution is -2.28. The van der Waals surface area contributed by atoms with Crippen LogP contribution in [0.15, 0.2) is 65.6 Å². The summed E-state index contributed by atoms with van der Waals surface area (Å²) in [5, 5.41) is 3.12. The molecule has 34 heavy (non-hydrogen) atoms. The lowest BCUT2D eigenvalue weighted by molar-refractivity contribution is 0.0935. The number of anilines is 1. The predicted octanol–water partition coefficient (Wildman–Crippen LogP) is 6.21. The maximum Gasteiger partial charge on any atom is 0.263 e. The van der Waals surface area contributed by atoms with Crippen LogP contribution in [0.4, 0.5) is 5.69 Å². The summed E-state index contributed by atoms with van der Waals surface area (Å²) >= 11 is 6.24. The van der Waals surface area contributed by atoms with Gasteiger partial charge < -0.3 is 5.32 Å². The van der Waals surface area contributed by atoms with E-state index in [1.807, 2.05) is 26.0 Å². The molecule has 7 heteroatoms. The highest BCUT2D eigenvalue weighted by molar-refractivity contribution is 7.92. The first-order chi connectivity index (χ1) is 16.3. The van der Waals surface area contributed by atoms with Crippen molar-refractivity contribution < 1.29 is 13.2 Å². The van der Waals surface area contributed by atoms with Gasteiger partial charge in [0.25, 0.3) is 15.9 Å². The summed E-state index contributed by atoms with van der Waals surface area (Å²) < 4.78 is 28.7. The average molecular weight is 497 g/mol. The Morgan fingerprint density at radius 2 is 1.74 bits per heavy atom. The lowest BCUT2D eigenvalue weighted by Gasteiger charge is -2.22. The summed E-state index contributed by atoms with van der Waals surface area (Å²) in [5.41, 5.74) is 5.31. The second kappa shape index (κ2) is 10.2. The molecule has 1 aliphatic carbocycles. The van der Waals surface area contributed by atoms with E-state index in [4.69, 9.17) is 11.6 Å². The van der Waals surface area contributed by atoms with Crippen LogP contribution in [0.25, 0.3) is 0 Å². The number of carbonyl (C=O) groups excluding carboxylic acids is 1. The van der Waals surface area contributed by atoms with Gasteiger partial charge in [-0.1, -0.05) is 54.9 Å². The monoisotopic (exact) mass is 496 g/mol. The van der Waals surface area contributed by atoms with E-state index in [0.717, 1.165) is 30.4 Å². The van der Waals surface area contributed by atoms with Crippen LogP contribution in [0.3, 0.4) is 0 Å². The number of hydrogen-bond acceptors (Lipinski definition) is 3. The number of halogens is 1. The predicted molar refractivity (Wildman–Crippen MR) is 137 cm³/mol. The molecule has 0 aromatic heterocycles. The molecule has 4 rings (SSSR count). The SMILES string of the molecule is CC[C@H](NC(=O)c1ccc(Cl)c(S(=O)(=O)Nc2ccccc2C)c1)c1ccc2c(c1)CCCC2. The Balaban J connectivity index is 1.57. The molecule has 178 valence electrons. The van der Waals surface area contributed by atoms with Crippen molar-refractivity contribution in [1.82, 2.24) is 5.32 Å². The fourth-order valence-electron chi connectivity index (χ4n) is 4.37. The van der Waals surface area contributed by atoms with Crippen molar-refractivity contribution in [3.8, 4) is 0 Å². The van der Waals surface area contributed by atoms with Gasteiger partial charge in [-0.25, -0.2) is 8.42 Å². The number of aryl methyl sites for hydroxylation is 3. The number of hydrogen-bond donors (Lipinski definition) is 2. The highest BCUT2D eigenvalue weighted by atomic mass is 35.5. The zero-order valence-corrected chi connectivity index (χ0v) is 21.0. The number of para-hydroxylation sites is 1. The van der Waals surface area contributed by atoms with Crippen molar-refractivity contribution in [3.63, 3.8) is 0 Å². The number of fused-ring (bicyclic) bond motifs is 1. The first kappa shape index (κ1) is 24.3. The lowest BCUT2D eigenvalue weighted by atomic mass is 9.88. The molecule has 3 aromatic rings. The van der Waals surface area contributed by atoms with Crippen LogP contribution in [0.1, 0.15) is 64.8 Å². The Labute approximate surface area is 206 Å². The Morgan fingerprint density at radius 1 is 1.00 bits per heavy atom. The van der Waals surface area contributed by atoms with Gasteiger partial charge in [-0.2, -0.15) is 0 Å². The second-order valence-electron chi connectivity index (χ2n) is 8.74. The van der Waals surface area contributed by atoms with Gasteiger partial charge in [-0.3, -0.25) is 9.52 Å². The Kier molecular flexibility index (Phi) is 7.29. The fourth-order valence-corrected chi connectivity index (χ4v) is 6.03. The molecular weight excluding hydrogens is 468 g/mol. The van der Waals surface area contributed by atoms with Gasteiger partial charge in [0.2, 0.25) is 0 Å². The number of rotatable bonds is 7. The maximum absolute atomic E-state index is 13.1. The van der Waals surface area contributed by atoms with Crippen LogP contribution in [0, 0.1) is 6.92 Å².